The summed E-state index contributed by atoms with van der Waals surface area (Å²) in [4.78, 5) is 9.89. The number of hydrogen-bond acceptors (Lipinski definition) is 4. The third-order valence-corrected chi connectivity index (χ3v) is 31.3. The molecule has 2 aliphatic heterocycles. The Kier molecular flexibility index (Phi) is 18.8. The van der Waals surface area contributed by atoms with Crippen LogP contribution in [0, 0.1) is 0 Å². The zero-order valence-corrected chi connectivity index (χ0v) is 78.3. The van der Waals surface area contributed by atoms with Gasteiger partial charge in [0.25, 0.3) is 0 Å². The van der Waals surface area contributed by atoms with Gasteiger partial charge in [-0.1, -0.05) is 398 Å². The maximum Gasteiger partial charge on any atom is 0.0755 e. The molecule has 660 valence electrons. The van der Waals surface area contributed by atoms with E-state index in [9.17, 15) is 0 Å². The lowest BCUT2D eigenvalue weighted by Crippen LogP contribution is -2.36. The van der Waals surface area contributed by atoms with Crippen molar-refractivity contribution < 1.29 is 0 Å². The molecule has 0 unspecified atom stereocenters. The minimum Gasteiger partial charge on any atom is -0.310 e. The number of rotatable bonds is 12. The van der Waals surface area contributed by atoms with Crippen LogP contribution in [-0.2, 0) is 21.7 Å². The van der Waals surface area contributed by atoms with Crippen molar-refractivity contribution in [2.24, 2.45) is 0 Å². The average Bonchev–Trinajstić information content (AvgIpc) is 1.49. The van der Waals surface area contributed by atoms with Crippen LogP contribution < -0.4 is 19.6 Å². The third kappa shape index (κ3) is 12.5. The van der Waals surface area contributed by atoms with Crippen molar-refractivity contribution in [1.82, 2.24) is 0 Å². The SMILES string of the molecule is CC1(C)c2cc(-c3ccc4ccccc4c3)ccc2-c2ccc(N(c3ccc(-c4ccccc4)cc3)c3ccc4c(c3)C3(c5ccccc5-4)c4ccccc4N(c4ccccc4)c4ccccc43)cc21.CC1(C)c2cc(-c3cccc4ccccc34)ccc2-c2ccc(N(c3ccc(-c4ccccc4)cc3)c3ccc4c(c3)C3(c5ccccc5-4)c4ccccc4N(c4ccccc4)c4ccccc43)cc21. The van der Waals surface area contributed by atoms with Crippen LogP contribution >= 0.6 is 0 Å². The molecule has 0 bridgehead atoms. The smallest absolute Gasteiger partial charge is 0.0755 e. The van der Waals surface area contributed by atoms with Crippen molar-refractivity contribution in [2.45, 2.75) is 49.4 Å². The molecule has 2 heterocycles. The zero-order chi connectivity index (χ0) is 93.1. The fraction of sp³-hybridized carbons (Fsp3) is 0.0588. The lowest BCUT2D eigenvalue weighted by Gasteiger charge is -2.45. The zero-order valence-electron chi connectivity index (χ0n) is 78.3. The first-order chi connectivity index (χ1) is 68.9. The molecule has 0 N–H and O–H groups in total. The molecule has 22 aromatic carbocycles. The van der Waals surface area contributed by atoms with Gasteiger partial charge in [-0.15, -0.1) is 0 Å². The maximum absolute atomic E-state index is 2.51. The second-order valence-corrected chi connectivity index (χ2v) is 39.3. The molecule has 0 saturated carbocycles. The highest BCUT2D eigenvalue weighted by atomic mass is 15.2. The van der Waals surface area contributed by atoms with Crippen molar-refractivity contribution in [3.05, 3.63) is 576 Å². The van der Waals surface area contributed by atoms with Crippen molar-refractivity contribution in [3.63, 3.8) is 0 Å². The van der Waals surface area contributed by atoms with Gasteiger partial charge in [0.05, 0.1) is 33.6 Å². The number of para-hydroxylation sites is 6. The van der Waals surface area contributed by atoms with Gasteiger partial charge in [-0.3, -0.25) is 0 Å². The summed E-state index contributed by atoms with van der Waals surface area (Å²) in [5, 5.41) is 5.06. The molecule has 4 heteroatoms. The quantitative estimate of drug-likeness (QED) is 0.121. The fourth-order valence-electron chi connectivity index (χ4n) is 24.9. The second-order valence-electron chi connectivity index (χ2n) is 39.3. The van der Waals surface area contributed by atoms with E-state index in [2.05, 4.69) is 557 Å². The number of nitrogens with zero attached hydrogens (tertiary/aromatic N) is 4. The summed E-state index contributed by atoms with van der Waals surface area (Å²) >= 11 is 0. The molecule has 22 aromatic rings. The molecule has 140 heavy (non-hydrogen) atoms. The topological polar surface area (TPSA) is 13.0 Å². The molecular formula is C136H96N4. The monoisotopic (exact) mass is 1780 g/mol. The summed E-state index contributed by atoms with van der Waals surface area (Å²) < 4.78 is 0. The summed E-state index contributed by atoms with van der Waals surface area (Å²) in [6.07, 6.45) is 0. The summed E-state index contributed by atoms with van der Waals surface area (Å²) in [6.45, 7) is 9.61. The maximum atomic E-state index is 2.51. The number of hydrogen-bond donors (Lipinski definition) is 0. The predicted octanol–water partition coefficient (Wildman–Crippen LogP) is 36.2. The van der Waals surface area contributed by atoms with E-state index >= 15 is 0 Å². The first kappa shape index (κ1) is 82.1. The van der Waals surface area contributed by atoms with Crippen molar-refractivity contribution >= 4 is 89.8 Å². The van der Waals surface area contributed by atoms with Crippen LogP contribution in [0.2, 0.25) is 0 Å². The van der Waals surface area contributed by atoms with Crippen LogP contribution in [0.4, 0.5) is 68.2 Å². The van der Waals surface area contributed by atoms with E-state index in [-0.39, 0.29) is 10.8 Å². The Bertz CT molecular complexity index is 8650. The van der Waals surface area contributed by atoms with Gasteiger partial charge >= 0.3 is 0 Å². The third-order valence-electron chi connectivity index (χ3n) is 31.3. The summed E-state index contributed by atoms with van der Waals surface area (Å²) in [6, 6.07) is 190. The van der Waals surface area contributed by atoms with Crippen molar-refractivity contribution in [2.75, 3.05) is 19.6 Å². The Balaban J connectivity index is 0.000000141. The molecule has 0 saturated heterocycles. The van der Waals surface area contributed by atoms with Crippen LogP contribution in [0.15, 0.2) is 510 Å². The van der Waals surface area contributed by atoms with Gasteiger partial charge < -0.3 is 19.6 Å². The van der Waals surface area contributed by atoms with E-state index in [1.54, 1.807) is 0 Å². The Morgan fingerprint density at radius 2 is 0.429 bits per heavy atom. The van der Waals surface area contributed by atoms with Crippen LogP contribution in [0.25, 0.3) is 111 Å². The molecule has 4 aliphatic carbocycles. The molecule has 28 rings (SSSR count). The molecule has 2 spiro atoms. The van der Waals surface area contributed by atoms with E-state index in [1.807, 2.05) is 0 Å². The lowest BCUT2D eigenvalue weighted by atomic mass is 9.64. The van der Waals surface area contributed by atoms with E-state index in [1.165, 1.54) is 200 Å². The molecule has 0 atom stereocenters. The summed E-state index contributed by atoms with van der Waals surface area (Å²) in [5.41, 5.74) is 48.0. The Morgan fingerprint density at radius 3 is 0.864 bits per heavy atom. The molecule has 0 amide bonds. The predicted molar refractivity (Wildman–Crippen MR) is 585 cm³/mol. The Hall–Kier alpha value is -17.4. The van der Waals surface area contributed by atoms with Crippen LogP contribution in [0.1, 0.15) is 94.5 Å². The average molecular weight is 1790 g/mol. The number of benzene rings is 22. The van der Waals surface area contributed by atoms with Crippen molar-refractivity contribution in [3.8, 4) is 89.0 Å². The fourth-order valence-corrected chi connectivity index (χ4v) is 24.9. The Morgan fingerprint density at radius 1 is 0.157 bits per heavy atom. The van der Waals surface area contributed by atoms with Gasteiger partial charge in [-0.25, -0.2) is 0 Å². The van der Waals surface area contributed by atoms with Crippen LogP contribution in [0.3, 0.4) is 0 Å². The molecule has 0 fully saturated rings. The van der Waals surface area contributed by atoms with E-state index < -0.39 is 10.8 Å². The molecule has 0 aromatic heterocycles. The van der Waals surface area contributed by atoms with Gasteiger partial charge in [-0.2, -0.15) is 0 Å². The lowest BCUT2D eigenvalue weighted by molar-refractivity contribution is 0.660. The van der Waals surface area contributed by atoms with Crippen LogP contribution in [-0.4, -0.2) is 0 Å². The highest BCUT2D eigenvalue weighted by Crippen LogP contribution is 2.68. The molecule has 4 nitrogen and oxygen atoms in total. The van der Waals surface area contributed by atoms with E-state index in [0.717, 1.165) is 45.5 Å². The minimum atomic E-state index is -0.577. The summed E-state index contributed by atoms with van der Waals surface area (Å²) in [7, 11) is 0. The standard InChI is InChI=1S/2C68H48N2/c1-67(2)62-42-48(54-26-17-21-47-20-9-10-24-53(47)54)34-39-56(62)57-40-37-51(43-63(57)67)69(50-35-32-46(33-36-50)45-18-5-3-6-19-45)52-38-41-58-55-25-11-12-27-59(55)68(64(58)44-52)60-28-13-15-30-65(60)70(49-22-7-4-8-23-49)66-31-16-14-29-61(66)68;1-67(2)62-42-50(49-30-29-46-19-9-10-20-48(46)41-49)33-38-56(62)57-39-36-53(43-63(57)67)69(52-34-31-47(32-35-52)45-17-5-3-6-18-45)54-37-40-58-55-23-11-12-24-59(55)68(64(58)44-54)60-25-13-15-27-65(60)70(51-21-7-4-8-22-51)66-28-16-14-26-61(66)68/h2*3-44H,1-2H3. The molecule has 6 aliphatic rings. The minimum absolute atomic E-state index is 0.236. The van der Waals surface area contributed by atoms with E-state index in [0.29, 0.717) is 0 Å². The number of anilines is 12. The second kappa shape index (κ2) is 32.1. The van der Waals surface area contributed by atoms with Gasteiger partial charge in [-0.05, 0) is 317 Å². The highest BCUT2D eigenvalue weighted by molar-refractivity contribution is 6.03. The van der Waals surface area contributed by atoms with Gasteiger partial charge in [0.15, 0.2) is 0 Å². The van der Waals surface area contributed by atoms with Gasteiger partial charge in [0.1, 0.15) is 0 Å². The van der Waals surface area contributed by atoms with Gasteiger partial charge in [0.2, 0.25) is 0 Å². The summed E-state index contributed by atoms with van der Waals surface area (Å²) in [5.74, 6) is 0. The normalized spacial score (nSPS) is 14.1. The first-order valence-electron chi connectivity index (χ1n) is 49.0. The molecule has 0 radical (unpaired) electrons. The Labute approximate surface area is 818 Å². The first-order valence-corrected chi connectivity index (χ1v) is 49.0. The number of fused-ring (bicyclic) bond motifs is 26. The highest BCUT2D eigenvalue weighted by Gasteiger charge is 2.55. The van der Waals surface area contributed by atoms with Crippen LogP contribution in [0.5, 0.6) is 0 Å². The van der Waals surface area contributed by atoms with Gasteiger partial charge in [0, 0.05) is 56.3 Å². The largest absolute Gasteiger partial charge is 0.310 e. The molecular weight excluding hydrogens is 1690 g/mol. The van der Waals surface area contributed by atoms with Crippen molar-refractivity contribution in [1.29, 1.82) is 0 Å². The van der Waals surface area contributed by atoms with E-state index in [4.69, 9.17) is 0 Å².